The third-order valence-electron chi connectivity index (χ3n) is 5.58. The summed E-state index contributed by atoms with van der Waals surface area (Å²) in [5.41, 5.74) is 3.84. The van der Waals surface area contributed by atoms with E-state index in [0.717, 1.165) is 34.9 Å². The van der Waals surface area contributed by atoms with Crippen molar-refractivity contribution in [3.63, 3.8) is 0 Å². The molecule has 0 bridgehead atoms. The number of amides is 2. The number of nitrogens with zero attached hydrogens (tertiary/aromatic N) is 1. The number of ether oxygens (including phenoxy) is 1. The predicted octanol–water partition coefficient (Wildman–Crippen LogP) is 5.01. The van der Waals surface area contributed by atoms with Crippen LogP contribution in [0.2, 0.25) is 5.02 Å². The first-order valence-corrected chi connectivity index (χ1v) is 10.8. The number of rotatable bonds is 5. The molecule has 2 amide bonds. The highest BCUT2D eigenvalue weighted by atomic mass is 35.5. The molecular weight excluding hydrogens is 414 g/mol. The minimum Gasteiger partial charge on any atom is -0.376 e. The highest BCUT2D eigenvalue weighted by Crippen LogP contribution is 2.23. The Morgan fingerprint density at radius 3 is 2.81 bits per heavy atom. The van der Waals surface area contributed by atoms with Crippen molar-refractivity contribution in [3.05, 3.63) is 74.5 Å². The second-order valence-electron chi connectivity index (χ2n) is 8.10. The molecule has 0 saturated carbocycles. The number of nitrogens with one attached hydrogen (secondary N) is 2. The number of hydrogen-bond acceptors (Lipinski definition) is 3. The monoisotopic (exact) mass is 439 g/mol. The number of pyridine rings is 1. The number of aryl methyl sites for hydroxylation is 2. The second-order valence-corrected chi connectivity index (χ2v) is 8.50. The summed E-state index contributed by atoms with van der Waals surface area (Å²) in [6.07, 6.45) is 1.82. The van der Waals surface area contributed by atoms with Crippen LogP contribution in [0, 0.1) is 13.8 Å². The average molecular weight is 440 g/mol. The molecule has 4 rings (SSSR count). The minimum atomic E-state index is -0.316. The van der Waals surface area contributed by atoms with Gasteiger partial charge in [-0.05, 0) is 61.9 Å². The van der Waals surface area contributed by atoms with Crippen LogP contribution < -0.4 is 10.9 Å². The number of urea groups is 1. The van der Waals surface area contributed by atoms with Crippen molar-refractivity contribution in [3.8, 4) is 0 Å². The third-order valence-corrected chi connectivity index (χ3v) is 5.91. The fraction of sp³-hybridized carbons (Fsp3) is 0.333. The Labute approximate surface area is 186 Å². The number of fused-ring (bicyclic) bond motifs is 1. The average Bonchev–Trinajstić information content (AvgIpc) is 3.23. The molecular formula is C24H26ClN3O3. The Hall–Kier alpha value is -2.83. The highest BCUT2D eigenvalue weighted by Gasteiger charge is 2.24. The highest BCUT2D eigenvalue weighted by molar-refractivity contribution is 6.33. The van der Waals surface area contributed by atoms with E-state index in [9.17, 15) is 9.59 Å². The number of carbonyl (C=O) groups excluding carboxylic acids is 1. The number of aromatic nitrogens is 1. The summed E-state index contributed by atoms with van der Waals surface area (Å²) in [6.45, 7) is 5.28. The molecule has 6 nitrogen and oxygen atoms in total. The van der Waals surface area contributed by atoms with Gasteiger partial charge in [0.2, 0.25) is 0 Å². The molecule has 1 fully saturated rings. The van der Waals surface area contributed by atoms with Crippen LogP contribution in [0.3, 0.4) is 0 Å². The molecule has 1 aliphatic rings. The van der Waals surface area contributed by atoms with Crippen LogP contribution in [0.15, 0.2) is 47.3 Å². The lowest BCUT2D eigenvalue weighted by Crippen LogP contribution is -2.40. The van der Waals surface area contributed by atoms with Gasteiger partial charge in [0.15, 0.2) is 0 Å². The van der Waals surface area contributed by atoms with E-state index < -0.39 is 0 Å². The first-order valence-electron chi connectivity index (χ1n) is 10.5. The fourth-order valence-corrected chi connectivity index (χ4v) is 4.25. The Morgan fingerprint density at radius 1 is 1.26 bits per heavy atom. The molecule has 0 aliphatic carbocycles. The van der Waals surface area contributed by atoms with Crippen molar-refractivity contribution in [1.82, 2.24) is 9.88 Å². The van der Waals surface area contributed by atoms with E-state index in [-0.39, 0.29) is 24.2 Å². The second kappa shape index (κ2) is 9.12. The summed E-state index contributed by atoms with van der Waals surface area (Å²) in [5.74, 6) is 0. The van der Waals surface area contributed by atoms with E-state index >= 15 is 0 Å². The summed E-state index contributed by atoms with van der Waals surface area (Å²) in [7, 11) is 0. The van der Waals surface area contributed by atoms with Gasteiger partial charge in [-0.2, -0.15) is 0 Å². The lowest BCUT2D eigenvalue weighted by Gasteiger charge is -2.26. The zero-order valence-electron chi connectivity index (χ0n) is 17.7. The third kappa shape index (κ3) is 4.92. The Balaban J connectivity index is 1.64. The number of anilines is 1. The zero-order chi connectivity index (χ0) is 22.0. The Bertz CT molecular complexity index is 1170. The quantitative estimate of drug-likeness (QED) is 0.586. The van der Waals surface area contributed by atoms with Gasteiger partial charge in [0.25, 0.3) is 5.56 Å². The van der Waals surface area contributed by atoms with Crippen molar-refractivity contribution in [2.24, 2.45) is 0 Å². The lowest BCUT2D eigenvalue weighted by molar-refractivity contribution is 0.0818. The molecule has 1 aromatic heterocycles. The maximum Gasteiger partial charge on any atom is 0.322 e. The molecule has 0 radical (unpaired) electrons. The van der Waals surface area contributed by atoms with E-state index in [1.54, 1.807) is 23.1 Å². The fourth-order valence-electron chi connectivity index (χ4n) is 4.07. The Morgan fingerprint density at radius 2 is 2.06 bits per heavy atom. The van der Waals surface area contributed by atoms with Crippen LogP contribution in [0.5, 0.6) is 0 Å². The predicted molar refractivity (Wildman–Crippen MR) is 124 cm³/mol. The maximum absolute atomic E-state index is 13.1. The standard InChI is InChI=1S/C24H26ClN3O3/c1-15-10-16(2)22-17(11-15)12-18(23(29)27-22)13-28(14-19-6-5-9-31-19)24(30)26-21-8-4-3-7-20(21)25/h3-4,7-8,10-12,19H,5-6,9,13-14H2,1-2H3,(H,26,30)(H,27,29)/t19-/m0/s1. The Kier molecular flexibility index (Phi) is 6.30. The van der Waals surface area contributed by atoms with Crippen molar-refractivity contribution in [2.75, 3.05) is 18.5 Å². The number of aromatic amines is 1. The summed E-state index contributed by atoms with van der Waals surface area (Å²) in [6, 6.07) is 12.7. The number of benzene rings is 2. The van der Waals surface area contributed by atoms with E-state index in [1.165, 1.54) is 0 Å². The number of hydrogen-bond donors (Lipinski definition) is 2. The van der Waals surface area contributed by atoms with Gasteiger partial charge in [0.1, 0.15) is 0 Å². The first-order chi connectivity index (χ1) is 14.9. The largest absolute Gasteiger partial charge is 0.376 e. The van der Waals surface area contributed by atoms with Crippen LogP contribution in [-0.4, -0.2) is 35.2 Å². The van der Waals surface area contributed by atoms with Crippen LogP contribution >= 0.6 is 11.6 Å². The SMILES string of the molecule is Cc1cc(C)c2[nH]c(=O)c(CN(C[C@@H]3CCCO3)C(=O)Nc3ccccc3Cl)cc2c1. The molecule has 3 aromatic rings. The van der Waals surface area contributed by atoms with E-state index in [4.69, 9.17) is 16.3 Å². The molecule has 2 aromatic carbocycles. The summed E-state index contributed by atoms with van der Waals surface area (Å²) in [4.78, 5) is 30.5. The van der Waals surface area contributed by atoms with Crippen LogP contribution in [0.4, 0.5) is 10.5 Å². The van der Waals surface area contributed by atoms with Gasteiger partial charge in [0.05, 0.1) is 28.9 Å². The lowest BCUT2D eigenvalue weighted by atomic mass is 10.1. The summed E-state index contributed by atoms with van der Waals surface area (Å²) in [5, 5.41) is 4.28. The van der Waals surface area contributed by atoms with Gasteiger partial charge >= 0.3 is 6.03 Å². The first kappa shape index (κ1) is 21.4. The number of para-hydroxylation sites is 1. The minimum absolute atomic E-state index is 0.0407. The summed E-state index contributed by atoms with van der Waals surface area (Å²) < 4.78 is 5.74. The smallest absolute Gasteiger partial charge is 0.322 e. The van der Waals surface area contributed by atoms with Gasteiger partial charge in [-0.3, -0.25) is 4.79 Å². The molecule has 31 heavy (non-hydrogen) atoms. The molecule has 1 atom stereocenters. The molecule has 0 spiro atoms. The van der Waals surface area contributed by atoms with Gasteiger partial charge in [-0.1, -0.05) is 35.4 Å². The van der Waals surface area contributed by atoms with Crippen LogP contribution in [-0.2, 0) is 11.3 Å². The number of carbonyl (C=O) groups is 1. The maximum atomic E-state index is 13.1. The zero-order valence-corrected chi connectivity index (χ0v) is 18.5. The van der Waals surface area contributed by atoms with E-state index in [0.29, 0.717) is 29.4 Å². The number of H-pyrrole nitrogens is 1. The topological polar surface area (TPSA) is 74.4 Å². The van der Waals surface area contributed by atoms with Gasteiger partial charge < -0.3 is 19.9 Å². The number of halogens is 1. The molecule has 162 valence electrons. The van der Waals surface area contributed by atoms with Gasteiger partial charge in [-0.25, -0.2) is 4.79 Å². The normalized spacial score (nSPS) is 15.9. The van der Waals surface area contributed by atoms with Gasteiger partial charge in [0, 0.05) is 18.7 Å². The van der Waals surface area contributed by atoms with E-state index in [1.807, 2.05) is 38.1 Å². The molecule has 2 heterocycles. The molecule has 2 N–H and O–H groups in total. The van der Waals surface area contributed by atoms with Gasteiger partial charge in [-0.15, -0.1) is 0 Å². The van der Waals surface area contributed by atoms with Crippen molar-refractivity contribution >= 4 is 34.2 Å². The summed E-state index contributed by atoms with van der Waals surface area (Å²) >= 11 is 6.21. The molecule has 1 saturated heterocycles. The van der Waals surface area contributed by atoms with Crippen molar-refractivity contribution < 1.29 is 9.53 Å². The molecule has 7 heteroatoms. The van der Waals surface area contributed by atoms with Crippen LogP contribution in [0.1, 0.15) is 29.5 Å². The van der Waals surface area contributed by atoms with Crippen molar-refractivity contribution in [1.29, 1.82) is 0 Å². The molecule has 1 aliphatic heterocycles. The van der Waals surface area contributed by atoms with Crippen molar-refractivity contribution in [2.45, 2.75) is 39.3 Å². The van der Waals surface area contributed by atoms with Crippen LogP contribution in [0.25, 0.3) is 10.9 Å². The molecule has 0 unspecified atom stereocenters. The van der Waals surface area contributed by atoms with E-state index in [2.05, 4.69) is 10.3 Å².